The first kappa shape index (κ1) is 11.2. The van der Waals surface area contributed by atoms with Crippen LogP contribution in [0.3, 0.4) is 0 Å². The van der Waals surface area contributed by atoms with Gasteiger partial charge in [-0.15, -0.1) is 11.3 Å². The van der Waals surface area contributed by atoms with Crippen LogP contribution in [0.4, 0.5) is 0 Å². The lowest BCUT2D eigenvalue weighted by atomic mass is 9.88. The maximum absolute atomic E-state index is 12.0. The van der Waals surface area contributed by atoms with Gasteiger partial charge in [0.05, 0.1) is 12.5 Å². The third kappa shape index (κ3) is 2.09. The Morgan fingerprint density at radius 3 is 3.18 bits per heavy atom. The molecule has 2 saturated heterocycles. The fourth-order valence-corrected chi connectivity index (χ4v) is 3.59. The fourth-order valence-electron chi connectivity index (χ4n) is 2.94. The van der Waals surface area contributed by atoms with E-state index in [1.165, 1.54) is 0 Å². The molecule has 17 heavy (non-hydrogen) atoms. The Hall–Kier alpha value is -0.940. The molecule has 2 fully saturated rings. The highest BCUT2D eigenvalue weighted by molar-refractivity contribution is 7.09. The van der Waals surface area contributed by atoms with Crippen LogP contribution in [-0.4, -0.2) is 47.4 Å². The predicted molar refractivity (Wildman–Crippen MR) is 66.6 cm³/mol. The number of hydrogen-bond donors (Lipinski definition) is 0. The first-order valence-corrected chi connectivity index (χ1v) is 6.97. The first-order valence-electron chi connectivity index (χ1n) is 6.10. The fraction of sp³-hybridized carbons (Fsp3) is 0.667. The lowest BCUT2D eigenvalue weighted by molar-refractivity contribution is -0.137. The van der Waals surface area contributed by atoms with Crippen LogP contribution in [0.25, 0.3) is 0 Å². The molecular weight excluding hydrogens is 234 g/mol. The predicted octanol–water partition coefficient (Wildman–Crippen LogP) is 1.05. The van der Waals surface area contributed by atoms with Crippen LogP contribution in [0.5, 0.6) is 0 Å². The number of fused-ring (bicyclic) bond motifs is 1. The van der Waals surface area contributed by atoms with Crippen molar-refractivity contribution in [2.24, 2.45) is 11.8 Å². The highest BCUT2D eigenvalue weighted by Gasteiger charge is 2.41. The Balaban J connectivity index is 1.66. The molecule has 0 radical (unpaired) electrons. The molecule has 0 N–H and O–H groups in total. The zero-order chi connectivity index (χ0) is 11.8. The Labute approximate surface area is 105 Å². The second kappa shape index (κ2) is 4.38. The molecule has 0 aromatic carbocycles. The summed E-state index contributed by atoms with van der Waals surface area (Å²) in [4.78, 5) is 20.6. The number of hydrogen-bond acceptors (Lipinski definition) is 4. The molecule has 2 atom stereocenters. The maximum Gasteiger partial charge on any atom is 0.227 e. The topological polar surface area (TPSA) is 36.4 Å². The number of amides is 1. The number of nitrogens with zero attached hydrogens (tertiary/aromatic N) is 3. The van der Waals surface area contributed by atoms with Gasteiger partial charge < -0.3 is 4.90 Å². The molecule has 0 bridgehead atoms. The summed E-state index contributed by atoms with van der Waals surface area (Å²) in [5.41, 5.74) is 0. The minimum atomic E-state index is 0.230. The Kier molecular flexibility index (Phi) is 2.88. The second-order valence-corrected chi connectivity index (χ2v) is 6.01. The summed E-state index contributed by atoms with van der Waals surface area (Å²) in [5.74, 6) is 1.13. The smallest absolute Gasteiger partial charge is 0.227 e. The Morgan fingerprint density at radius 2 is 2.41 bits per heavy atom. The second-order valence-electron chi connectivity index (χ2n) is 5.03. The van der Waals surface area contributed by atoms with Crippen LogP contribution < -0.4 is 0 Å². The van der Waals surface area contributed by atoms with Gasteiger partial charge in [0.15, 0.2) is 0 Å². The SMILES string of the molecule is CN1CC[C@@H]2CN(Cc3nccs3)C[C@@H]2C1=O. The van der Waals surface area contributed by atoms with E-state index >= 15 is 0 Å². The summed E-state index contributed by atoms with van der Waals surface area (Å²) in [7, 11) is 1.92. The van der Waals surface area contributed by atoms with E-state index < -0.39 is 0 Å². The average molecular weight is 251 g/mol. The largest absolute Gasteiger partial charge is 0.345 e. The molecule has 3 heterocycles. The van der Waals surface area contributed by atoms with E-state index in [1.54, 1.807) is 11.3 Å². The lowest BCUT2D eigenvalue weighted by Gasteiger charge is -2.30. The average Bonchev–Trinajstić information content (AvgIpc) is 2.93. The van der Waals surface area contributed by atoms with Gasteiger partial charge in [-0.1, -0.05) is 0 Å². The van der Waals surface area contributed by atoms with E-state index in [2.05, 4.69) is 9.88 Å². The molecular formula is C12H17N3OS. The number of thiazole rings is 1. The molecule has 92 valence electrons. The molecule has 3 rings (SSSR count). The Bertz CT molecular complexity index is 406. The molecule has 1 aromatic rings. The molecule has 4 nitrogen and oxygen atoms in total. The third-order valence-electron chi connectivity index (χ3n) is 3.89. The number of carbonyl (C=O) groups excluding carboxylic acids is 1. The van der Waals surface area contributed by atoms with Gasteiger partial charge in [0.25, 0.3) is 0 Å². The standard InChI is InChI=1S/C12H17N3OS/c1-14-4-2-9-6-15(7-10(9)12(14)16)8-11-13-3-5-17-11/h3,5,9-10H,2,4,6-8H2,1H3/t9-,10+/m1/s1. The van der Waals surface area contributed by atoms with Crippen molar-refractivity contribution < 1.29 is 4.79 Å². The molecule has 2 aliphatic heterocycles. The molecule has 2 aliphatic rings. The van der Waals surface area contributed by atoms with E-state index in [4.69, 9.17) is 0 Å². The quantitative estimate of drug-likeness (QED) is 0.788. The minimum Gasteiger partial charge on any atom is -0.345 e. The number of rotatable bonds is 2. The van der Waals surface area contributed by atoms with Crippen LogP contribution in [0, 0.1) is 11.8 Å². The van der Waals surface area contributed by atoms with Crippen LogP contribution in [0.1, 0.15) is 11.4 Å². The van der Waals surface area contributed by atoms with Crippen molar-refractivity contribution >= 4 is 17.2 Å². The van der Waals surface area contributed by atoms with Crippen molar-refractivity contribution in [3.05, 3.63) is 16.6 Å². The van der Waals surface area contributed by atoms with E-state index in [0.29, 0.717) is 11.8 Å². The van der Waals surface area contributed by atoms with E-state index in [0.717, 1.165) is 37.6 Å². The Morgan fingerprint density at radius 1 is 1.53 bits per heavy atom. The van der Waals surface area contributed by atoms with Crippen LogP contribution >= 0.6 is 11.3 Å². The molecule has 0 unspecified atom stereocenters. The van der Waals surface area contributed by atoms with E-state index in [1.807, 2.05) is 23.5 Å². The van der Waals surface area contributed by atoms with E-state index in [-0.39, 0.29) is 5.92 Å². The summed E-state index contributed by atoms with van der Waals surface area (Å²) in [5, 5.41) is 3.17. The van der Waals surface area contributed by atoms with Crippen molar-refractivity contribution in [3.8, 4) is 0 Å². The van der Waals surface area contributed by atoms with Crippen LogP contribution in [0.15, 0.2) is 11.6 Å². The van der Waals surface area contributed by atoms with Crippen molar-refractivity contribution in [1.82, 2.24) is 14.8 Å². The van der Waals surface area contributed by atoms with Gasteiger partial charge in [-0.05, 0) is 12.3 Å². The van der Waals surface area contributed by atoms with Gasteiger partial charge in [-0.2, -0.15) is 0 Å². The number of aromatic nitrogens is 1. The number of likely N-dealkylation sites (tertiary alicyclic amines) is 2. The lowest BCUT2D eigenvalue weighted by Crippen LogP contribution is -2.42. The first-order chi connectivity index (χ1) is 8.24. The number of carbonyl (C=O) groups is 1. The van der Waals surface area contributed by atoms with Gasteiger partial charge in [-0.25, -0.2) is 4.98 Å². The van der Waals surface area contributed by atoms with Crippen LogP contribution in [0.2, 0.25) is 0 Å². The van der Waals surface area contributed by atoms with E-state index in [9.17, 15) is 4.79 Å². The molecule has 0 spiro atoms. The van der Waals surface area contributed by atoms with Crippen molar-refractivity contribution in [2.45, 2.75) is 13.0 Å². The van der Waals surface area contributed by atoms with Gasteiger partial charge in [0.2, 0.25) is 5.91 Å². The highest BCUT2D eigenvalue weighted by Crippen LogP contribution is 2.32. The molecule has 1 amide bonds. The van der Waals surface area contributed by atoms with Gasteiger partial charge in [0.1, 0.15) is 5.01 Å². The zero-order valence-electron chi connectivity index (χ0n) is 10.0. The minimum absolute atomic E-state index is 0.230. The zero-order valence-corrected chi connectivity index (χ0v) is 10.8. The number of piperidine rings is 1. The van der Waals surface area contributed by atoms with Crippen molar-refractivity contribution in [2.75, 3.05) is 26.7 Å². The summed E-state index contributed by atoms with van der Waals surface area (Å²) in [6, 6.07) is 0. The monoisotopic (exact) mass is 251 g/mol. The summed E-state index contributed by atoms with van der Waals surface area (Å²) in [6.45, 7) is 3.80. The molecule has 1 aromatic heterocycles. The van der Waals surface area contributed by atoms with Gasteiger partial charge >= 0.3 is 0 Å². The third-order valence-corrected chi connectivity index (χ3v) is 4.65. The summed E-state index contributed by atoms with van der Waals surface area (Å²) >= 11 is 1.70. The summed E-state index contributed by atoms with van der Waals surface area (Å²) in [6.07, 6.45) is 3.00. The maximum atomic E-state index is 12.0. The summed E-state index contributed by atoms with van der Waals surface area (Å²) < 4.78 is 0. The van der Waals surface area contributed by atoms with Crippen molar-refractivity contribution in [3.63, 3.8) is 0 Å². The van der Waals surface area contributed by atoms with Crippen LogP contribution in [-0.2, 0) is 11.3 Å². The highest BCUT2D eigenvalue weighted by atomic mass is 32.1. The van der Waals surface area contributed by atoms with Gasteiger partial charge in [0, 0.05) is 38.3 Å². The molecule has 5 heteroatoms. The molecule has 0 saturated carbocycles. The van der Waals surface area contributed by atoms with Gasteiger partial charge in [-0.3, -0.25) is 9.69 Å². The van der Waals surface area contributed by atoms with Crippen molar-refractivity contribution in [1.29, 1.82) is 0 Å². The molecule has 0 aliphatic carbocycles. The normalized spacial score (nSPS) is 29.7.